The fourth-order valence-corrected chi connectivity index (χ4v) is 1.88. The number of aryl methyl sites for hydroxylation is 1. The van der Waals surface area contributed by atoms with Crippen LogP contribution in [0.4, 0.5) is 0 Å². The third-order valence-electron chi connectivity index (χ3n) is 2.27. The molecule has 2 aromatic rings. The van der Waals surface area contributed by atoms with Crippen molar-refractivity contribution in [3.05, 3.63) is 52.3 Å². The highest BCUT2D eigenvalue weighted by Gasteiger charge is 2.13. The largest absolute Gasteiger partial charge is 0.456 e. The van der Waals surface area contributed by atoms with Crippen molar-refractivity contribution in [3.63, 3.8) is 0 Å². The van der Waals surface area contributed by atoms with E-state index in [1.54, 1.807) is 13.1 Å². The van der Waals surface area contributed by atoms with Crippen molar-refractivity contribution >= 4 is 21.9 Å². The Morgan fingerprint density at radius 3 is 2.71 bits per heavy atom. The van der Waals surface area contributed by atoms with Gasteiger partial charge in [0.05, 0.1) is 0 Å². The summed E-state index contributed by atoms with van der Waals surface area (Å²) in [5.74, 6) is -0.380. The summed E-state index contributed by atoms with van der Waals surface area (Å²) in [5, 5.41) is 4.02. The van der Waals surface area contributed by atoms with E-state index >= 15 is 0 Å². The molecule has 0 N–H and O–H groups in total. The van der Waals surface area contributed by atoms with Gasteiger partial charge in [0.2, 0.25) is 0 Å². The number of ether oxygens (including phenoxy) is 1. The van der Waals surface area contributed by atoms with Crippen LogP contribution in [0.15, 0.2) is 41.0 Å². The van der Waals surface area contributed by atoms with Crippen molar-refractivity contribution in [2.75, 3.05) is 0 Å². The Morgan fingerprint density at radius 2 is 2.12 bits per heavy atom. The molecule has 0 amide bonds. The Labute approximate surface area is 107 Å². The summed E-state index contributed by atoms with van der Waals surface area (Å²) < 4.78 is 7.29. The minimum atomic E-state index is -0.380. The molecule has 0 fully saturated rings. The standard InChI is InChI=1S/C12H11BrN2O2/c1-15-10(7-11(13)14-15)12(16)17-8-9-5-3-2-4-6-9/h2-7H,8H2,1H3. The number of rotatable bonds is 3. The normalized spacial score (nSPS) is 10.2. The van der Waals surface area contributed by atoms with Gasteiger partial charge >= 0.3 is 5.97 Å². The number of esters is 1. The van der Waals surface area contributed by atoms with Gasteiger partial charge in [0, 0.05) is 13.1 Å². The van der Waals surface area contributed by atoms with Gasteiger partial charge in [0.1, 0.15) is 16.9 Å². The number of hydrogen-bond donors (Lipinski definition) is 0. The summed E-state index contributed by atoms with van der Waals surface area (Å²) in [6.45, 7) is 0.266. The van der Waals surface area contributed by atoms with Crippen LogP contribution in [0.3, 0.4) is 0 Å². The number of benzene rings is 1. The number of carbonyl (C=O) groups excluding carboxylic acids is 1. The maximum absolute atomic E-state index is 11.7. The topological polar surface area (TPSA) is 44.1 Å². The van der Waals surface area contributed by atoms with Crippen LogP contribution < -0.4 is 0 Å². The van der Waals surface area contributed by atoms with Gasteiger partial charge in [-0.05, 0) is 21.5 Å². The van der Waals surface area contributed by atoms with Crippen LogP contribution in [-0.2, 0) is 18.4 Å². The zero-order valence-corrected chi connectivity index (χ0v) is 10.8. The highest BCUT2D eigenvalue weighted by atomic mass is 79.9. The molecule has 0 bridgehead atoms. The lowest BCUT2D eigenvalue weighted by atomic mass is 10.2. The molecule has 0 radical (unpaired) electrons. The van der Waals surface area contributed by atoms with Crippen molar-refractivity contribution in [1.82, 2.24) is 9.78 Å². The molecule has 0 aliphatic heterocycles. The number of carbonyl (C=O) groups is 1. The molecule has 4 nitrogen and oxygen atoms in total. The van der Waals surface area contributed by atoms with Gasteiger partial charge in [0.15, 0.2) is 0 Å². The predicted molar refractivity (Wildman–Crippen MR) is 66.5 cm³/mol. The summed E-state index contributed by atoms with van der Waals surface area (Å²) in [6.07, 6.45) is 0. The molecule has 1 aromatic heterocycles. The van der Waals surface area contributed by atoms with Crippen LogP contribution in [0, 0.1) is 0 Å². The zero-order valence-electron chi connectivity index (χ0n) is 9.26. The predicted octanol–water partition coefficient (Wildman–Crippen LogP) is 2.54. The maximum Gasteiger partial charge on any atom is 0.356 e. The van der Waals surface area contributed by atoms with Gasteiger partial charge in [0.25, 0.3) is 0 Å². The molecule has 2 rings (SSSR count). The first kappa shape index (κ1) is 11.9. The second kappa shape index (κ2) is 5.14. The Balaban J connectivity index is 2.01. The number of halogens is 1. The van der Waals surface area contributed by atoms with E-state index in [0.717, 1.165) is 5.56 Å². The second-order valence-corrected chi connectivity index (χ2v) is 4.35. The highest BCUT2D eigenvalue weighted by Crippen LogP contribution is 2.11. The summed E-state index contributed by atoms with van der Waals surface area (Å²) in [5.41, 5.74) is 1.38. The average Bonchev–Trinajstić information content (AvgIpc) is 2.67. The van der Waals surface area contributed by atoms with E-state index in [9.17, 15) is 4.79 Å². The zero-order chi connectivity index (χ0) is 12.3. The SMILES string of the molecule is Cn1nc(Br)cc1C(=O)OCc1ccccc1. The fourth-order valence-electron chi connectivity index (χ4n) is 1.42. The molecule has 5 heteroatoms. The Bertz CT molecular complexity index is 523. The molecule has 0 atom stereocenters. The lowest BCUT2D eigenvalue weighted by Crippen LogP contribution is -2.10. The third-order valence-corrected chi connectivity index (χ3v) is 2.66. The van der Waals surface area contributed by atoms with E-state index in [2.05, 4.69) is 21.0 Å². The summed E-state index contributed by atoms with van der Waals surface area (Å²) in [7, 11) is 1.70. The van der Waals surface area contributed by atoms with Gasteiger partial charge in [-0.2, -0.15) is 5.10 Å². The fraction of sp³-hybridized carbons (Fsp3) is 0.167. The minimum absolute atomic E-state index is 0.266. The van der Waals surface area contributed by atoms with E-state index < -0.39 is 0 Å². The van der Waals surface area contributed by atoms with E-state index in [1.165, 1.54) is 4.68 Å². The molecule has 1 aromatic carbocycles. The van der Waals surface area contributed by atoms with Crippen LogP contribution in [0.1, 0.15) is 16.1 Å². The van der Waals surface area contributed by atoms with E-state index in [4.69, 9.17) is 4.74 Å². The van der Waals surface area contributed by atoms with Crippen molar-refractivity contribution in [1.29, 1.82) is 0 Å². The molecule has 0 aliphatic rings. The van der Waals surface area contributed by atoms with Gasteiger partial charge in [-0.3, -0.25) is 4.68 Å². The maximum atomic E-state index is 11.7. The van der Waals surface area contributed by atoms with Gasteiger partial charge in [-0.1, -0.05) is 30.3 Å². The van der Waals surface area contributed by atoms with Crippen molar-refractivity contribution < 1.29 is 9.53 Å². The van der Waals surface area contributed by atoms with E-state index in [-0.39, 0.29) is 12.6 Å². The Morgan fingerprint density at radius 1 is 1.41 bits per heavy atom. The van der Waals surface area contributed by atoms with Crippen molar-refractivity contribution in [2.24, 2.45) is 7.05 Å². The Hall–Kier alpha value is -1.62. The first-order valence-corrected chi connectivity index (χ1v) is 5.86. The van der Waals surface area contributed by atoms with Crippen LogP contribution >= 0.6 is 15.9 Å². The molecular formula is C12H11BrN2O2. The van der Waals surface area contributed by atoms with Gasteiger partial charge < -0.3 is 4.74 Å². The lowest BCUT2D eigenvalue weighted by Gasteiger charge is -2.04. The van der Waals surface area contributed by atoms with Crippen LogP contribution in [0.25, 0.3) is 0 Å². The Kier molecular flexibility index (Phi) is 3.58. The molecule has 0 unspecified atom stereocenters. The molecule has 1 heterocycles. The van der Waals surface area contributed by atoms with Crippen LogP contribution in [0.5, 0.6) is 0 Å². The van der Waals surface area contributed by atoms with Crippen LogP contribution in [-0.4, -0.2) is 15.7 Å². The van der Waals surface area contributed by atoms with E-state index in [0.29, 0.717) is 10.3 Å². The van der Waals surface area contributed by atoms with Crippen molar-refractivity contribution in [2.45, 2.75) is 6.61 Å². The molecule has 0 aliphatic carbocycles. The first-order chi connectivity index (χ1) is 8.16. The molecule has 0 spiro atoms. The summed E-state index contributed by atoms with van der Waals surface area (Å²) in [4.78, 5) is 11.7. The summed E-state index contributed by atoms with van der Waals surface area (Å²) in [6, 6.07) is 11.2. The van der Waals surface area contributed by atoms with Crippen LogP contribution in [0.2, 0.25) is 0 Å². The summed E-state index contributed by atoms with van der Waals surface area (Å²) >= 11 is 3.21. The highest BCUT2D eigenvalue weighted by molar-refractivity contribution is 9.10. The molecule has 88 valence electrons. The smallest absolute Gasteiger partial charge is 0.356 e. The van der Waals surface area contributed by atoms with Gasteiger partial charge in [-0.15, -0.1) is 0 Å². The molecule has 17 heavy (non-hydrogen) atoms. The number of nitrogens with zero attached hydrogens (tertiary/aromatic N) is 2. The third kappa shape index (κ3) is 2.94. The molecule has 0 saturated carbocycles. The molecular weight excluding hydrogens is 284 g/mol. The minimum Gasteiger partial charge on any atom is -0.456 e. The average molecular weight is 295 g/mol. The first-order valence-electron chi connectivity index (χ1n) is 5.07. The van der Waals surface area contributed by atoms with E-state index in [1.807, 2.05) is 30.3 Å². The van der Waals surface area contributed by atoms with Crippen molar-refractivity contribution in [3.8, 4) is 0 Å². The number of aromatic nitrogens is 2. The monoisotopic (exact) mass is 294 g/mol. The second-order valence-electron chi connectivity index (χ2n) is 3.54. The quantitative estimate of drug-likeness (QED) is 0.817. The lowest BCUT2D eigenvalue weighted by molar-refractivity contribution is 0.0460. The molecule has 0 saturated heterocycles. The van der Waals surface area contributed by atoms with Gasteiger partial charge in [-0.25, -0.2) is 4.79 Å². The number of hydrogen-bond acceptors (Lipinski definition) is 3.